The molecule has 1 amide bonds. The standard InChI is InChI=1S/C12H11NO2/c1-9-4-2-3-5-10(9)6-7-11-8-15-12(14)13-11/h2-5,11H,8H2,1H3,(H,13,14). The van der Waals surface area contributed by atoms with Crippen LogP contribution in [0.2, 0.25) is 0 Å². The molecule has 0 saturated carbocycles. The number of alkyl carbamates (subject to hydrolysis) is 1. The smallest absolute Gasteiger partial charge is 0.408 e. The molecule has 0 spiro atoms. The summed E-state index contributed by atoms with van der Waals surface area (Å²) < 4.78 is 4.73. The minimum Gasteiger partial charge on any atom is -0.446 e. The lowest BCUT2D eigenvalue weighted by molar-refractivity contribution is 0.177. The number of benzene rings is 1. The highest BCUT2D eigenvalue weighted by Gasteiger charge is 2.19. The largest absolute Gasteiger partial charge is 0.446 e. The maximum atomic E-state index is 10.7. The molecule has 15 heavy (non-hydrogen) atoms. The fourth-order valence-corrected chi connectivity index (χ4v) is 1.34. The predicted octanol–water partition coefficient (Wildman–Crippen LogP) is 1.45. The summed E-state index contributed by atoms with van der Waals surface area (Å²) in [4.78, 5) is 10.7. The number of hydrogen-bond donors (Lipinski definition) is 1. The summed E-state index contributed by atoms with van der Waals surface area (Å²) in [5, 5.41) is 2.61. The van der Waals surface area contributed by atoms with Crippen LogP contribution in [0.3, 0.4) is 0 Å². The summed E-state index contributed by atoms with van der Waals surface area (Å²) in [6.45, 7) is 2.34. The fraction of sp³-hybridized carbons (Fsp3) is 0.250. The van der Waals surface area contributed by atoms with Crippen LogP contribution in [0.5, 0.6) is 0 Å². The number of carbonyl (C=O) groups excluding carboxylic acids is 1. The Kier molecular flexibility index (Phi) is 2.59. The van der Waals surface area contributed by atoms with Crippen molar-refractivity contribution >= 4 is 6.09 Å². The third-order valence-electron chi connectivity index (χ3n) is 2.20. The number of carbonyl (C=O) groups is 1. The van der Waals surface area contributed by atoms with E-state index in [1.165, 1.54) is 0 Å². The molecule has 1 atom stereocenters. The lowest BCUT2D eigenvalue weighted by atomic mass is 10.1. The van der Waals surface area contributed by atoms with E-state index >= 15 is 0 Å². The summed E-state index contributed by atoms with van der Waals surface area (Å²) in [7, 11) is 0. The van der Waals surface area contributed by atoms with Crippen molar-refractivity contribution in [1.29, 1.82) is 0 Å². The highest BCUT2D eigenvalue weighted by Crippen LogP contribution is 2.05. The van der Waals surface area contributed by atoms with Crippen LogP contribution in [0.4, 0.5) is 4.79 Å². The van der Waals surface area contributed by atoms with Gasteiger partial charge in [-0.3, -0.25) is 0 Å². The minimum absolute atomic E-state index is 0.183. The molecular formula is C12H11NO2. The molecule has 1 saturated heterocycles. The van der Waals surface area contributed by atoms with E-state index in [0.29, 0.717) is 6.61 Å². The molecule has 1 aliphatic heterocycles. The van der Waals surface area contributed by atoms with Crippen molar-refractivity contribution in [2.24, 2.45) is 0 Å². The molecule has 3 nitrogen and oxygen atoms in total. The number of amides is 1. The first kappa shape index (κ1) is 9.60. The Morgan fingerprint density at radius 3 is 2.93 bits per heavy atom. The highest BCUT2D eigenvalue weighted by atomic mass is 16.6. The first-order valence-corrected chi connectivity index (χ1v) is 4.76. The molecule has 0 bridgehead atoms. The minimum atomic E-state index is -0.390. The Balaban J connectivity index is 2.12. The Morgan fingerprint density at radius 1 is 1.47 bits per heavy atom. The van der Waals surface area contributed by atoms with Gasteiger partial charge in [-0.2, -0.15) is 0 Å². The van der Waals surface area contributed by atoms with Crippen LogP contribution in [0.1, 0.15) is 11.1 Å². The number of cyclic esters (lactones) is 1. The van der Waals surface area contributed by atoms with Gasteiger partial charge in [0.25, 0.3) is 0 Å². The van der Waals surface area contributed by atoms with E-state index in [1.54, 1.807) is 0 Å². The van der Waals surface area contributed by atoms with Gasteiger partial charge in [0.05, 0.1) is 0 Å². The zero-order valence-corrected chi connectivity index (χ0v) is 8.41. The maximum Gasteiger partial charge on any atom is 0.408 e. The van der Waals surface area contributed by atoms with E-state index in [-0.39, 0.29) is 12.1 Å². The van der Waals surface area contributed by atoms with E-state index < -0.39 is 0 Å². The van der Waals surface area contributed by atoms with Crippen LogP contribution in [0.15, 0.2) is 24.3 Å². The van der Waals surface area contributed by atoms with Crippen molar-refractivity contribution in [2.45, 2.75) is 13.0 Å². The fourth-order valence-electron chi connectivity index (χ4n) is 1.34. The van der Waals surface area contributed by atoms with Gasteiger partial charge >= 0.3 is 6.09 Å². The van der Waals surface area contributed by atoms with Crippen LogP contribution in [0, 0.1) is 18.8 Å². The average molecular weight is 201 g/mol. The van der Waals surface area contributed by atoms with Crippen molar-refractivity contribution in [3.8, 4) is 11.8 Å². The highest BCUT2D eigenvalue weighted by molar-refractivity contribution is 5.70. The molecule has 1 aliphatic rings. The summed E-state index contributed by atoms with van der Waals surface area (Å²) in [5.74, 6) is 5.99. The van der Waals surface area contributed by atoms with Crippen molar-refractivity contribution in [2.75, 3.05) is 6.61 Å². The topological polar surface area (TPSA) is 38.3 Å². The van der Waals surface area contributed by atoms with Gasteiger partial charge in [-0.05, 0) is 18.6 Å². The maximum absolute atomic E-state index is 10.7. The van der Waals surface area contributed by atoms with E-state index in [9.17, 15) is 4.79 Å². The third-order valence-corrected chi connectivity index (χ3v) is 2.20. The second-order valence-corrected chi connectivity index (χ2v) is 3.38. The van der Waals surface area contributed by atoms with Crippen LogP contribution >= 0.6 is 0 Å². The van der Waals surface area contributed by atoms with E-state index in [0.717, 1.165) is 11.1 Å². The molecule has 76 valence electrons. The van der Waals surface area contributed by atoms with Crippen LogP contribution in [-0.2, 0) is 4.74 Å². The van der Waals surface area contributed by atoms with Gasteiger partial charge in [-0.15, -0.1) is 0 Å². The molecule has 1 fully saturated rings. The van der Waals surface area contributed by atoms with Gasteiger partial charge < -0.3 is 10.1 Å². The van der Waals surface area contributed by atoms with Crippen LogP contribution in [0.25, 0.3) is 0 Å². The zero-order chi connectivity index (χ0) is 10.7. The van der Waals surface area contributed by atoms with Gasteiger partial charge in [0.15, 0.2) is 0 Å². The summed E-state index contributed by atoms with van der Waals surface area (Å²) >= 11 is 0. The Morgan fingerprint density at radius 2 is 2.27 bits per heavy atom. The molecule has 1 aromatic carbocycles. The molecule has 1 unspecified atom stereocenters. The Hall–Kier alpha value is -1.95. The van der Waals surface area contributed by atoms with Gasteiger partial charge in [0.1, 0.15) is 12.6 Å². The number of ether oxygens (including phenoxy) is 1. The molecule has 0 radical (unpaired) electrons. The lowest BCUT2D eigenvalue weighted by Crippen LogP contribution is -2.24. The molecule has 0 aliphatic carbocycles. The second-order valence-electron chi connectivity index (χ2n) is 3.38. The van der Waals surface area contributed by atoms with E-state index in [4.69, 9.17) is 4.74 Å². The normalized spacial score (nSPS) is 18.7. The molecule has 1 heterocycles. The van der Waals surface area contributed by atoms with Crippen LogP contribution < -0.4 is 5.32 Å². The van der Waals surface area contributed by atoms with Crippen molar-refractivity contribution < 1.29 is 9.53 Å². The van der Waals surface area contributed by atoms with Gasteiger partial charge in [0.2, 0.25) is 0 Å². The zero-order valence-electron chi connectivity index (χ0n) is 8.41. The number of nitrogens with one attached hydrogen (secondary N) is 1. The molecular weight excluding hydrogens is 190 g/mol. The number of hydrogen-bond acceptors (Lipinski definition) is 2. The average Bonchev–Trinajstić information content (AvgIpc) is 2.63. The molecule has 1 aromatic rings. The monoisotopic (exact) mass is 201 g/mol. The van der Waals surface area contributed by atoms with Gasteiger partial charge in [-0.25, -0.2) is 4.79 Å². The quantitative estimate of drug-likeness (QED) is 0.645. The molecule has 3 heteroatoms. The summed E-state index contributed by atoms with van der Waals surface area (Å²) in [5.41, 5.74) is 2.12. The molecule has 1 N–H and O–H groups in total. The summed E-state index contributed by atoms with van der Waals surface area (Å²) in [6.07, 6.45) is -0.390. The predicted molar refractivity (Wildman–Crippen MR) is 56.3 cm³/mol. The van der Waals surface area contributed by atoms with Gasteiger partial charge in [-0.1, -0.05) is 30.0 Å². The molecule has 2 rings (SSSR count). The number of aryl methyl sites for hydroxylation is 1. The first-order chi connectivity index (χ1) is 7.25. The Bertz CT molecular complexity index is 442. The van der Waals surface area contributed by atoms with Crippen molar-refractivity contribution in [3.05, 3.63) is 35.4 Å². The Labute approximate surface area is 88.4 Å². The second kappa shape index (κ2) is 4.05. The SMILES string of the molecule is Cc1ccccc1C#CC1COC(=O)N1. The van der Waals surface area contributed by atoms with E-state index in [1.807, 2.05) is 31.2 Å². The summed E-state index contributed by atoms with van der Waals surface area (Å²) in [6, 6.07) is 7.70. The van der Waals surface area contributed by atoms with Crippen molar-refractivity contribution in [3.63, 3.8) is 0 Å². The third kappa shape index (κ3) is 2.29. The van der Waals surface area contributed by atoms with E-state index in [2.05, 4.69) is 17.2 Å². The lowest BCUT2D eigenvalue weighted by Gasteiger charge is -1.97. The van der Waals surface area contributed by atoms with Crippen molar-refractivity contribution in [1.82, 2.24) is 5.32 Å². The van der Waals surface area contributed by atoms with Gasteiger partial charge in [0, 0.05) is 5.56 Å². The molecule has 0 aromatic heterocycles. The number of rotatable bonds is 0. The van der Waals surface area contributed by atoms with Crippen LogP contribution in [-0.4, -0.2) is 18.7 Å². The first-order valence-electron chi connectivity index (χ1n) is 4.76.